The molecule has 0 aliphatic heterocycles. The molecule has 0 atom stereocenters. The Hall–Kier alpha value is -2.48. The normalized spacial score (nSPS) is 10.4. The number of hydrogen-bond acceptors (Lipinski definition) is 3. The molecular weight excluding hydrogens is 417 g/mol. The van der Waals surface area contributed by atoms with Crippen LogP contribution in [0.5, 0.6) is 0 Å². The number of halogens is 1. The molecule has 1 heterocycles. The van der Waals surface area contributed by atoms with E-state index in [4.69, 9.17) is 0 Å². The van der Waals surface area contributed by atoms with Gasteiger partial charge in [-0.1, -0.05) is 18.2 Å². The molecule has 2 amide bonds. The molecule has 0 saturated carbocycles. The van der Waals surface area contributed by atoms with E-state index in [0.717, 1.165) is 14.5 Å². The number of carbonyl (C=O) groups excluding carboxylic acids is 2. The van der Waals surface area contributed by atoms with Crippen LogP contribution in [-0.2, 0) is 9.59 Å². The van der Waals surface area contributed by atoms with Gasteiger partial charge >= 0.3 is 11.8 Å². The third kappa shape index (κ3) is 3.53. The second-order valence-electron chi connectivity index (χ2n) is 5.25. The Morgan fingerprint density at radius 2 is 1.67 bits per heavy atom. The number of carbonyl (C=O) groups is 2. The highest BCUT2D eigenvalue weighted by molar-refractivity contribution is 14.1. The molecule has 0 spiro atoms. The molecule has 5 nitrogen and oxygen atoms in total. The van der Waals surface area contributed by atoms with Crippen LogP contribution in [0.4, 0.5) is 11.4 Å². The lowest BCUT2D eigenvalue weighted by Crippen LogP contribution is -2.29. The van der Waals surface area contributed by atoms with Gasteiger partial charge in [0.25, 0.3) is 0 Å². The molecule has 0 unspecified atom stereocenters. The van der Waals surface area contributed by atoms with Crippen molar-refractivity contribution in [3.8, 4) is 0 Å². The summed E-state index contributed by atoms with van der Waals surface area (Å²) in [6.45, 7) is 1.88. The summed E-state index contributed by atoms with van der Waals surface area (Å²) in [5.74, 6) is -1.45. The average Bonchev–Trinajstić information content (AvgIpc) is 2.57. The maximum atomic E-state index is 12.2. The van der Waals surface area contributed by atoms with Crippen molar-refractivity contribution in [2.45, 2.75) is 6.92 Å². The van der Waals surface area contributed by atoms with E-state index in [2.05, 4.69) is 38.2 Å². The maximum absolute atomic E-state index is 12.2. The Labute approximate surface area is 152 Å². The molecule has 120 valence electrons. The van der Waals surface area contributed by atoms with E-state index < -0.39 is 11.8 Å². The molecule has 0 saturated heterocycles. The molecule has 24 heavy (non-hydrogen) atoms. The summed E-state index contributed by atoms with van der Waals surface area (Å²) in [4.78, 5) is 28.6. The summed E-state index contributed by atoms with van der Waals surface area (Å²) in [5.41, 5.74) is 2.67. The van der Waals surface area contributed by atoms with Gasteiger partial charge in [-0.15, -0.1) is 0 Å². The van der Waals surface area contributed by atoms with Gasteiger partial charge in [-0.25, -0.2) is 0 Å². The smallest absolute Gasteiger partial charge is 0.314 e. The van der Waals surface area contributed by atoms with Crippen molar-refractivity contribution < 1.29 is 9.59 Å². The van der Waals surface area contributed by atoms with Gasteiger partial charge in [0.15, 0.2) is 0 Å². The molecule has 0 radical (unpaired) electrons. The number of aromatic nitrogens is 1. The van der Waals surface area contributed by atoms with E-state index in [9.17, 15) is 9.59 Å². The Kier molecular flexibility index (Phi) is 4.75. The second kappa shape index (κ2) is 6.96. The molecule has 0 fully saturated rings. The first kappa shape index (κ1) is 16.4. The van der Waals surface area contributed by atoms with Crippen molar-refractivity contribution in [1.82, 2.24) is 4.98 Å². The van der Waals surface area contributed by atoms with E-state index in [1.54, 1.807) is 24.4 Å². The molecule has 6 heteroatoms. The summed E-state index contributed by atoms with van der Waals surface area (Å²) < 4.78 is 1.06. The van der Waals surface area contributed by atoms with Gasteiger partial charge in [0.1, 0.15) is 0 Å². The van der Waals surface area contributed by atoms with Crippen molar-refractivity contribution in [3.05, 3.63) is 63.9 Å². The van der Waals surface area contributed by atoms with Crippen molar-refractivity contribution in [2.75, 3.05) is 10.6 Å². The average molecular weight is 431 g/mol. The lowest BCUT2D eigenvalue weighted by atomic mass is 10.2. The number of amides is 2. The Bertz CT molecular complexity index is 935. The molecule has 3 rings (SSSR count). The van der Waals surface area contributed by atoms with Crippen LogP contribution in [0.2, 0.25) is 0 Å². The number of fused-ring (bicyclic) bond motifs is 1. The Balaban J connectivity index is 1.77. The topological polar surface area (TPSA) is 71.1 Å². The van der Waals surface area contributed by atoms with Gasteiger partial charge in [0, 0.05) is 20.8 Å². The van der Waals surface area contributed by atoms with Crippen LogP contribution >= 0.6 is 22.6 Å². The Morgan fingerprint density at radius 1 is 0.958 bits per heavy atom. The maximum Gasteiger partial charge on any atom is 0.314 e. The summed E-state index contributed by atoms with van der Waals surface area (Å²) in [6, 6.07) is 14.7. The molecule has 2 aromatic carbocycles. The van der Waals surface area contributed by atoms with E-state index >= 15 is 0 Å². The van der Waals surface area contributed by atoms with Gasteiger partial charge in [-0.2, -0.15) is 0 Å². The highest BCUT2D eigenvalue weighted by atomic mass is 127. The molecule has 0 bridgehead atoms. The van der Waals surface area contributed by atoms with E-state index in [1.165, 1.54) is 0 Å². The second-order valence-corrected chi connectivity index (χ2v) is 6.49. The predicted octanol–water partition coefficient (Wildman–Crippen LogP) is 3.73. The van der Waals surface area contributed by atoms with Crippen molar-refractivity contribution >= 4 is 56.7 Å². The fourth-order valence-electron chi connectivity index (χ4n) is 2.33. The zero-order chi connectivity index (χ0) is 17.1. The standard InChI is InChI=1S/C18H14IN3O2/c1-11-10-13(19)7-8-14(11)21-17(23)18(24)22-15-6-2-4-12-5-3-9-20-16(12)15/h2-10H,1H3,(H,21,23)(H,22,24). The van der Waals surface area contributed by atoms with E-state index in [-0.39, 0.29) is 0 Å². The number of aryl methyl sites for hydroxylation is 1. The number of nitrogens with one attached hydrogen (secondary N) is 2. The van der Waals surface area contributed by atoms with E-state index in [0.29, 0.717) is 16.9 Å². The summed E-state index contributed by atoms with van der Waals surface area (Å²) in [7, 11) is 0. The number of benzene rings is 2. The summed E-state index contributed by atoms with van der Waals surface area (Å²) >= 11 is 2.19. The molecule has 3 aromatic rings. The lowest BCUT2D eigenvalue weighted by Gasteiger charge is -2.10. The number of rotatable bonds is 2. The fraction of sp³-hybridized carbons (Fsp3) is 0.0556. The minimum atomic E-state index is -0.730. The number of para-hydroxylation sites is 1. The van der Waals surface area contributed by atoms with Crippen LogP contribution in [0, 0.1) is 10.5 Å². The third-order valence-electron chi connectivity index (χ3n) is 3.52. The zero-order valence-corrected chi connectivity index (χ0v) is 15.0. The van der Waals surface area contributed by atoms with Gasteiger partial charge < -0.3 is 10.6 Å². The van der Waals surface area contributed by atoms with Crippen molar-refractivity contribution in [2.24, 2.45) is 0 Å². The van der Waals surface area contributed by atoms with Crippen LogP contribution in [0.15, 0.2) is 54.7 Å². The monoisotopic (exact) mass is 431 g/mol. The van der Waals surface area contributed by atoms with Crippen LogP contribution in [0.1, 0.15) is 5.56 Å². The number of pyridine rings is 1. The number of nitrogens with zero attached hydrogens (tertiary/aromatic N) is 1. The Morgan fingerprint density at radius 3 is 2.42 bits per heavy atom. The zero-order valence-electron chi connectivity index (χ0n) is 12.8. The first-order valence-corrected chi connectivity index (χ1v) is 8.35. The molecular formula is C18H14IN3O2. The van der Waals surface area contributed by atoms with Crippen LogP contribution in [0.25, 0.3) is 10.9 Å². The predicted molar refractivity (Wildman–Crippen MR) is 103 cm³/mol. The van der Waals surface area contributed by atoms with Crippen molar-refractivity contribution in [3.63, 3.8) is 0 Å². The highest BCUT2D eigenvalue weighted by Gasteiger charge is 2.16. The number of hydrogen-bond donors (Lipinski definition) is 2. The van der Waals surface area contributed by atoms with E-state index in [1.807, 2.05) is 37.3 Å². The van der Waals surface area contributed by atoms with Gasteiger partial charge in [0.2, 0.25) is 0 Å². The first-order chi connectivity index (χ1) is 11.5. The largest absolute Gasteiger partial charge is 0.318 e. The minimum Gasteiger partial charge on any atom is -0.318 e. The summed E-state index contributed by atoms with van der Waals surface area (Å²) in [5, 5.41) is 6.14. The van der Waals surface area contributed by atoms with Gasteiger partial charge in [-0.3, -0.25) is 14.6 Å². The van der Waals surface area contributed by atoms with Crippen LogP contribution in [0.3, 0.4) is 0 Å². The molecule has 0 aliphatic carbocycles. The molecule has 0 aliphatic rings. The van der Waals surface area contributed by atoms with Crippen LogP contribution < -0.4 is 10.6 Å². The minimum absolute atomic E-state index is 0.507. The van der Waals surface area contributed by atoms with Gasteiger partial charge in [-0.05, 0) is 65.4 Å². The van der Waals surface area contributed by atoms with Crippen molar-refractivity contribution in [1.29, 1.82) is 0 Å². The fourth-order valence-corrected chi connectivity index (χ4v) is 2.98. The summed E-state index contributed by atoms with van der Waals surface area (Å²) in [6.07, 6.45) is 1.65. The third-order valence-corrected chi connectivity index (χ3v) is 4.19. The first-order valence-electron chi connectivity index (χ1n) is 7.27. The SMILES string of the molecule is Cc1cc(I)ccc1NC(=O)C(=O)Nc1cccc2cccnc12. The molecule has 1 aromatic heterocycles. The highest BCUT2D eigenvalue weighted by Crippen LogP contribution is 2.21. The van der Waals surface area contributed by atoms with Crippen LogP contribution in [-0.4, -0.2) is 16.8 Å². The molecule has 2 N–H and O–H groups in total. The quantitative estimate of drug-likeness (QED) is 0.480. The lowest BCUT2D eigenvalue weighted by molar-refractivity contribution is -0.132. The number of anilines is 2. The van der Waals surface area contributed by atoms with Gasteiger partial charge in [0.05, 0.1) is 11.2 Å².